The van der Waals surface area contributed by atoms with Crippen LogP contribution >= 0.6 is 0 Å². The normalized spacial score (nSPS) is 17.1. The van der Waals surface area contributed by atoms with Gasteiger partial charge in [0.15, 0.2) is 0 Å². The van der Waals surface area contributed by atoms with Gasteiger partial charge in [-0.3, -0.25) is 9.59 Å². The molecule has 1 unspecified atom stereocenters. The summed E-state index contributed by atoms with van der Waals surface area (Å²) in [6.07, 6.45) is 2.40. The molecule has 0 aliphatic heterocycles. The Kier molecular flexibility index (Phi) is 4.55. The molecule has 1 atom stereocenters. The number of hydrogen-bond acceptors (Lipinski definition) is 3. The van der Waals surface area contributed by atoms with Crippen LogP contribution in [0.1, 0.15) is 26.2 Å². The average molecular weight is 214 g/mol. The Morgan fingerprint density at radius 1 is 1.47 bits per heavy atom. The molecular formula is C10H18N2O3. The van der Waals surface area contributed by atoms with Crippen molar-refractivity contribution in [1.29, 1.82) is 0 Å². The number of carboxylic acid groups (broad SMARTS) is 1. The molecule has 0 heterocycles. The minimum absolute atomic E-state index is 0.0209. The van der Waals surface area contributed by atoms with Gasteiger partial charge < -0.3 is 15.7 Å². The Hall–Kier alpha value is -1.10. The van der Waals surface area contributed by atoms with E-state index < -0.39 is 5.97 Å². The molecule has 0 radical (unpaired) electrons. The van der Waals surface area contributed by atoms with E-state index in [0.29, 0.717) is 19.1 Å². The summed E-state index contributed by atoms with van der Waals surface area (Å²) >= 11 is 0. The van der Waals surface area contributed by atoms with Crippen LogP contribution in [-0.4, -0.2) is 36.1 Å². The second-order valence-electron chi connectivity index (χ2n) is 4.16. The standard InChI is InChI=1S/C10H18N2O3/c1-7(4-10(14)15)5-12-9(13)6-11-8-2-3-8/h7-8,11H,2-6H2,1H3,(H,12,13)(H,14,15). The van der Waals surface area contributed by atoms with Crippen LogP contribution in [0, 0.1) is 5.92 Å². The molecule has 86 valence electrons. The fraction of sp³-hybridized carbons (Fsp3) is 0.800. The SMILES string of the molecule is CC(CNC(=O)CNC1CC1)CC(=O)O. The molecule has 0 aromatic rings. The zero-order valence-corrected chi connectivity index (χ0v) is 8.95. The summed E-state index contributed by atoms with van der Waals surface area (Å²) in [6.45, 7) is 2.57. The summed E-state index contributed by atoms with van der Waals surface area (Å²) < 4.78 is 0. The number of carboxylic acids is 1. The van der Waals surface area contributed by atoms with E-state index in [2.05, 4.69) is 10.6 Å². The van der Waals surface area contributed by atoms with Crippen molar-refractivity contribution in [2.45, 2.75) is 32.2 Å². The molecule has 1 amide bonds. The lowest BCUT2D eigenvalue weighted by Crippen LogP contribution is -2.37. The largest absolute Gasteiger partial charge is 0.481 e. The van der Waals surface area contributed by atoms with Gasteiger partial charge >= 0.3 is 5.97 Å². The molecule has 1 fully saturated rings. The lowest BCUT2D eigenvalue weighted by molar-refractivity contribution is -0.138. The topological polar surface area (TPSA) is 78.4 Å². The Balaban J connectivity index is 2.01. The molecule has 0 bridgehead atoms. The molecule has 1 rings (SSSR count). The van der Waals surface area contributed by atoms with Crippen molar-refractivity contribution in [1.82, 2.24) is 10.6 Å². The number of nitrogens with one attached hydrogen (secondary N) is 2. The maximum absolute atomic E-state index is 11.2. The number of hydrogen-bond donors (Lipinski definition) is 3. The Morgan fingerprint density at radius 3 is 2.67 bits per heavy atom. The predicted molar refractivity (Wildman–Crippen MR) is 55.5 cm³/mol. The van der Waals surface area contributed by atoms with E-state index in [9.17, 15) is 9.59 Å². The van der Waals surface area contributed by atoms with Crippen molar-refractivity contribution in [2.75, 3.05) is 13.1 Å². The summed E-state index contributed by atoms with van der Waals surface area (Å²) in [7, 11) is 0. The number of amides is 1. The summed E-state index contributed by atoms with van der Waals surface area (Å²) in [5.41, 5.74) is 0. The van der Waals surface area contributed by atoms with Crippen LogP contribution in [0.25, 0.3) is 0 Å². The third-order valence-corrected chi connectivity index (χ3v) is 2.30. The van der Waals surface area contributed by atoms with Crippen LogP contribution in [0.3, 0.4) is 0 Å². The highest BCUT2D eigenvalue weighted by molar-refractivity contribution is 5.78. The fourth-order valence-electron chi connectivity index (χ4n) is 1.25. The van der Waals surface area contributed by atoms with E-state index in [0.717, 1.165) is 12.8 Å². The first-order valence-electron chi connectivity index (χ1n) is 5.30. The molecule has 3 N–H and O–H groups in total. The van der Waals surface area contributed by atoms with Crippen molar-refractivity contribution in [3.8, 4) is 0 Å². The quantitative estimate of drug-likeness (QED) is 0.556. The molecule has 0 aromatic carbocycles. The molecule has 0 aromatic heterocycles. The van der Waals surface area contributed by atoms with Crippen LogP contribution in [0.5, 0.6) is 0 Å². The molecular weight excluding hydrogens is 196 g/mol. The number of carbonyl (C=O) groups is 2. The van der Waals surface area contributed by atoms with Gasteiger partial charge in [0.05, 0.1) is 6.54 Å². The van der Waals surface area contributed by atoms with Crippen molar-refractivity contribution in [3.63, 3.8) is 0 Å². The highest BCUT2D eigenvalue weighted by atomic mass is 16.4. The minimum atomic E-state index is -0.826. The summed E-state index contributed by atoms with van der Waals surface area (Å²) in [6, 6.07) is 0.521. The maximum atomic E-state index is 11.2. The molecule has 0 saturated heterocycles. The third kappa shape index (κ3) is 6.06. The van der Waals surface area contributed by atoms with Gasteiger partial charge in [0, 0.05) is 19.0 Å². The molecule has 5 nitrogen and oxygen atoms in total. The zero-order chi connectivity index (χ0) is 11.3. The zero-order valence-electron chi connectivity index (χ0n) is 8.95. The van der Waals surface area contributed by atoms with Crippen LogP contribution in [0.2, 0.25) is 0 Å². The number of rotatable bonds is 7. The highest BCUT2D eigenvalue weighted by Gasteiger charge is 2.21. The van der Waals surface area contributed by atoms with Gasteiger partial charge in [-0.1, -0.05) is 6.92 Å². The van der Waals surface area contributed by atoms with Crippen molar-refractivity contribution in [2.24, 2.45) is 5.92 Å². The van der Waals surface area contributed by atoms with E-state index in [4.69, 9.17) is 5.11 Å². The van der Waals surface area contributed by atoms with Gasteiger partial charge in [0.25, 0.3) is 0 Å². The second kappa shape index (κ2) is 5.70. The average Bonchev–Trinajstić information content (AvgIpc) is 2.93. The van der Waals surface area contributed by atoms with Crippen molar-refractivity contribution in [3.05, 3.63) is 0 Å². The first kappa shape index (κ1) is 12.0. The van der Waals surface area contributed by atoms with Crippen LogP contribution in [0.4, 0.5) is 0 Å². The van der Waals surface area contributed by atoms with Crippen LogP contribution < -0.4 is 10.6 Å². The molecule has 0 spiro atoms. The molecule has 1 aliphatic carbocycles. The second-order valence-corrected chi connectivity index (χ2v) is 4.16. The van der Waals surface area contributed by atoms with E-state index in [-0.39, 0.29) is 18.2 Å². The van der Waals surface area contributed by atoms with Crippen molar-refractivity contribution < 1.29 is 14.7 Å². The Morgan fingerprint density at radius 2 is 2.13 bits per heavy atom. The van der Waals surface area contributed by atoms with E-state index in [1.165, 1.54) is 0 Å². The van der Waals surface area contributed by atoms with E-state index in [1.54, 1.807) is 0 Å². The van der Waals surface area contributed by atoms with Gasteiger partial charge in [-0.05, 0) is 18.8 Å². The van der Waals surface area contributed by atoms with Crippen molar-refractivity contribution >= 4 is 11.9 Å². The summed E-state index contributed by atoms with van der Waals surface area (Å²) in [4.78, 5) is 21.6. The van der Waals surface area contributed by atoms with Gasteiger partial charge in [-0.15, -0.1) is 0 Å². The van der Waals surface area contributed by atoms with E-state index >= 15 is 0 Å². The first-order valence-corrected chi connectivity index (χ1v) is 5.30. The highest BCUT2D eigenvalue weighted by Crippen LogP contribution is 2.17. The first-order chi connectivity index (χ1) is 7.08. The van der Waals surface area contributed by atoms with Crippen LogP contribution in [0.15, 0.2) is 0 Å². The van der Waals surface area contributed by atoms with Gasteiger partial charge in [-0.2, -0.15) is 0 Å². The molecule has 15 heavy (non-hydrogen) atoms. The lowest BCUT2D eigenvalue weighted by atomic mass is 10.1. The maximum Gasteiger partial charge on any atom is 0.303 e. The number of aliphatic carboxylic acids is 1. The monoisotopic (exact) mass is 214 g/mol. The molecule has 1 aliphatic rings. The Labute approximate surface area is 89.2 Å². The van der Waals surface area contributed by atoms with Crippen LogP contribution in [-0.2, 0) is 9.59 Å². The van der Waals surface area contributed by atoms with Gasteiger partial charge in [0.2, 0.25) is 5.91 Å². The lowest BCUT2D eigenvalue weighted by Gasteiger charge is -2.10. The Bertz CT molecular complexity index is 239. The molecule has 1 saturated carbocycles. The minimum Gasteiger partial charge on any atom is -0.481 e. The van der Waals surface area contributed by atoms with E-state index in [1.807, 2.05) is 6.92 Å². The smallest absolute Gasteiger partial charge is 0.303 e. The fourth-order valence-corrected chi connectivity index (χ4v) is 1.25. The number of carbonyl (C=O) groups excluding carboxylic acids is 1. The predicted octanol–water partition coefficient (Wildman–Crippen LogP) is -0.0346. The summed E-state index contributed by atoms with van der Waals surface area (Å²) in [5.74, 6) is -0.903. The molecule has 5 heteroatoms. The van der Waals surface area contributed by atoms with Gasteiger partial charge in [-0.25, -0.2) is 0 Å². The van der Waals surface area contributed by atoms with Gasteiger partial charge in [0.1, 0.15) is 0 Å². The third-order valence-electron chi connectivity index (χ3n) is 2.30. The summed E-state index contributed by atoms with van der Waals surface area (Å²) in [5, 5.41) is 14.3.